The van der Waals surface area contributed by atoms with Crippen molar-refractivity contribution in [3.63, 3.8) is 0 Å². The lowest BCUT2D eigenvalue weighted by Gasteiger charge is -2.36. The zero-order chi connectivity index (χ0) is 12.7. The summed E-state index contributed by atoms with van der Waals surface area (Å²) in [5.41, 5.74) is 0. The molecule has 0 spiro atoms. The van der Waals surface area contributed by atoms with Gasteiger partial charge >= 0.3 is 8.56 Å². The molecule has 17 heavy (non-hydrogen) atoms. The molecule has 0 heterocycles. The molecule has 0 aromatic rings. The molecule has 1 aliphatic carbocycles. The van der Waals surface area contributed by atoms with Gasteiger partial charge in [0.1, 0.15) is 0 Å². The summed E-state index contributed by atoms with van der Waals surface area (Å²) in [6, 6.07) is 0.636. The Morgan fingerprint density at radius 3 is 2.12 bits per heavy atom. The van der Waals surface area contributed by atoms with E-state index in [4.69, 9.17) is 8.85 Å². The zero-order valence-electron chi connectivity index (χ0n) is 11.7. The summed E-state index contributed by atoms with van der Waals surface area (Å²) in [5.74, 6) is 0. The monoisotopic (exact) mass is 258 g/mol. The zero-order valence-corrected chi connectivity index (χ0v) is 12.7. The topological polar surface area (TPSA) is 21.7 Å². The van der Waals surface area contributed by atoms with E-state index in [9.17, 15) is 0 Å². The molecule has 1 radical (unpaired) electrons. The fourth-order valence-electron chi connectivity index (χ4n) is 2.69. The SMILES string of the molecule is [CH2]N(C[Si](C)(OCC)OCC)C1CCCCC1. The summed E-state index contributed by atoms with van der Waals surface area (Å²) >= 11 is 0. The first-order valence-electron chi connectivity index (χ1n) is 6.96. The summed E-state index contributed by atoms with van der Waals surface area (Å²) in [6.07, 6.45) is 7.53. The van der Waals surface area contributed by atoms with Gasteiger partial charge < -0.3 is 8.85 Å². The van der Waals surface area contributed by atoms with Crippen molar-refractivity contribution in [1.29, 1.82) is 0 Å². The lowest BCUT2D eigenvalue weighted by Crippen LogP contribution is -2.51. The largest absolute Gasteiger partial charge is 0.394 e. The minimum atomic E-state index is -2.03. The third-order valence-electron chi connectivity index (χ3n) is 3.48. The van der Waals surface area contributed by atoms with Crippen molar-refractivity contribution in [2.75, 3.05) is 19.4 Å². The number of nitrogens with zero attached hydrogens (tertiary/aromatic N) is 1. The molecular weight excluding hydrogens is 230 g/mol. The fourth-order valence-corrected chi connectivity index (χ4v) is 5.17. The Labute approximate surface area is 108 Å². The Bertz CT molecular complexity index is 202. The molecular formula is C13H28NO2Si. The minimum absolute atomic E-state index is 0.636. The average molecular weight is 258 g/mol. The van der Waals surface area contributed by atoms with Crippen LogP contribution in [0.25, 0.3) is 0 Å². The van der Waals surface area contributed by atoms with Gasteiger partial charge in [0.05, 0.1) is 0 Å². The Hall–Kier alpha value is 0.0969. The van der Waals surface area contributed by atoms with Crippen molar-refractivity contribution in [1.82, 2.24) is 4.90 Å². The third-order valence-corrected chi connectivity index (χ3v) is 6.26. The predicted molar refractivity (Wildman–Crippen MR) is 73.8 cm³/mol. The maximum absolute atomic E-state index is 5.87. The van der Waals surface area contributed by atoms with Crippen LogP contribution in [0.4, 0.5) is 0 Å². The van der Waals surface area contributed by atoms with Crippen molar-refractivity contribution < 1.29 is 8.85 Å². The van der Waals surface area contributed by atoms with Crippen LogP contribution in [0, 0.1) is 7.05 Å². The van der Waals surface area contributed by atoms with Crippen LogP contribution in [-0.4, -0.2) is 38.9 Å². The van der Waals surface area contributed by atoms with E-state index in [1.54, 1.807) is 0 Å². The molecule has 3 nitrogen and oxygen atoms in total. The highest BCUT2D eigenvalue weighted by molar-refractivity contribution is 6.66. The number of rotatable bonds is 7. The molecule has 1 aliphatic rings. The molecule has 0 bridgehead atoms. The van der Waals surface area contributed by atoms with Crippen LogP contribution >= 0.6 is 0 Å². The molecule has 0 atom stereocenters. The van der Waals surface area contributed by atoms with Crippen LogP contribution in [0.15, 0.2) is 0 Å². The number of hydrogen-bond acceptors (Lipinski definition) is 3. The molecule has 1 rings (SSSR count). The van der Waals surface area contributed by atoms with E-state index >= 15 is 0 Å². The second-order valence-corrected chi connectivity index (χ2v) is 8.20. The van der Waals surface area contributed by atoms with E-state index in [2.05, 4.69) is 18.5 Å². The smallest absolute Gasteiger partial charge is 0.349 e. The van der Waals surface area contributed by atoms with Crippen molar-refractivity contribution >= 4 is 8.56 Å². The van der Waals surface area contributed by atoms with Gasteiger partial charge in [0, 0.05) is 32.5 Å². The minimum Gasteiger partial charge on any atom is -0.394 e. The van der Waals surface area contributed by atoms with Crippen molar-refractivity contribution in [2.45, 2.75) is 58.5 Å². The maximum atomic E-state index is 5.87. The molecule has 0 unspecified atom stereocenters. The van der Waals surface area contributed by atoms with Gasteiger partial charge in [0.15, 0.2) is 0 Å². The van der Waals surface area contributed by atoms with E-state index in [-0.39, 0.29) is 0 Å². The molecule has 1 fully saturated rings. The van der Waals surface area contributed by atoms with E-state index in [1.165, 1.54) is 32.1 Å². The van der Waals surface area contributed by atoms with E-state index < -0.39 is 8.56 Å². The Morgan fingerprint density at radius 2 is 1.65 bits per heavy atom. The lowest BCUT2D eigenvalue weighted by molar-refractivity contribution is 0.155. The fraction of sp³-hybridized carbons (Fsp3) is 0.923. The predicted octanol–water partition coefficient (Wildman–Crippen LogP) is 3.10. The van der Waals surface area contributed by atoms with Gasteiger partial charge in [-0.1, -0.05) is 19.3 Å². The van der Waals surface area contributed by atoms with Crippen LogP contribution in [0.2, 0.25) is 6.55 Å². The van der Waals surface area contributed by atoms with Crippen LogP contribution in [-0.2, 0) is 8.85 Å². The van der Waals surface area contributed by atoms with Crippen LogP contribution < -0.4 is 0 Å². The standard InChI is InChI=1S/C13H28NO2Si/c1-5-15-17(4,16-6-2)12-14(3)13-10-8-7-9-11-13/h13H,3,5-12H2,1-2,4H3. The molecule has 0 saturated heterocycles. The first kappa shape index (κ1) is 15.2. The van der Waals surface area contributed by atoms with Crippen molar-refractivity contribution in [2.24, 2.45) is 0 Å². The normalized spacial score (nSPS) is 18.9. The van der Waals surface area contributed by atoms with Crippen molar-refractivity contribution in [3.8, 4) is 0 Å². The van der Waals surface area contributed by atoms with Gasteiger partial charge in [-0.05, 0) is 33.2 Å². The van der Waals surface area contributed by atoms with Gasteiger partial charge in [-0.3, -0.25) is 4.90 Å². The van der Waals surface area contributed by atoms with Gasteiger partial charge in [-0.15, -0.1) is 0 Å². The Balaban J connectivity index is 2.46. The molecule has 0 aromatic heterocycles. The highest BCUT2D eigenvalue weighted by Gasteiger charge is 2.34. The van der Waals surface area contributed by atoms with Crippen molar-refractivity contribution in [3.05, 3.63) is 7.05 Å². The molecule has 101 valence electrons. The van der Waals surface area contributed by atoms with Gasteiger partial charge in [-0.25, -0.2) is 0 Å². The van der Waals surface area contributed by atoms with Crippen LogP contribution in [0.1, 0.15) is 46.0 Å². The summed E-state index contributed by atoms with van der Waals surface area (Å²) < 4.78 is 11.7. The van der Waals surface area contributed by atoms with Gasteiger partial charge in [0.25, 0.3) is 0 Å². The maximum Gasteiger partial charge on any atom is 0.349 e. The summed E-state index contributed by atoms with van der Waals surface area (Å²) in [5, 5.41) is 0. The van der Waals surface area contributed by atoms with E-state index in [1.807, 2.05) is 13.8 Å². The molecule has 1 saturated carbocycles. The molecule has 0 aromatic carbocycles. The summed E-state index contributed by atoms with van der Waals surface area (Å²) in [6.45, 7) is 7.71. The number of hydrogen-bond donors (Lipinski definition) is 0. The van der Waals surface area contributed by atoms with Crippen LogP contribution in [0.5, 0.6) is 0 Å². The summed E-state index contributed by atoms with van der Waals surface area (Å²) in [4.78, 5) is 2.23. The van der Waals surface area contributed by atoms with E-state index in [0.29, 0.717) is 6.04 Å². The average Bonchev–Trinajstić information content (AvgIpc) is 2.30. The first-order valence-corrected chi connectivity index (χ1v) is 9.48. The molecule has 0 amide bonds. The second kappa shape index (κ2) is 7.51. The molecule has 4 heteroatoms. The molecule has 0 aliphatic heterocycles. The Morgan fingerprint density at radius 1 is 1.12 bits per heavy atom. The van der Waals surface area contributed by atoms with Crippen LogP contribution in [0.3, 0.4) is 0 Å². The Kier molecular flexibility index (Phi) is 6.70. The first-order chi connectivity index (χ1) is 8.11. The summed E-state index contributed by atoms with van der Waals surface area (Å²) in [7, 11) is 2.19. The second-order valence-electron chi connectivity index (χ2n) is 5.04. The molecule has 0 N–H and O–H groups in total. The van der Waals surface area contributed by atoms with Gasteiger partial charge in [-0.2, -0.15) is 0 Å². The highest BCUT2D eigenvalue weighted by atomic mass is 28.4. The quantitative estimate of drug-likeness (QED) is 0.655. The van der Waals surface area contributed by atoms with Gasteiger partial charge in [0.2, 0.25) is 0 Å². The highest BCUT2D eigenvalue weighted by Crippen LogP contribution is 2.23. The third kappa shape index (κ3) is 5.08. The lowest BCUT2D eigenvalue weighted by atomic mass is 9.95. The van der Waals surface area contributed by atoms with E-state index in [0.717, 1.165) is 19.4 Å².